The van der Waals surface area contributed by atoms with E-state index in [1.165, 1.54) is 16.7 Å². The van der Waals surface area contributed by atoms with Crippen LogP contribution in [-0.4, -0.2) is 4.98 Å². The Labute approximate surface area is 147 Å². The molecule has 2 N–H and O–H groups in total. The van der Waals surface area contributed by atoms with Crippen molar-refractivity contribution in [2.45, 2.75) is 20.8 Å². The molecule has 0 aliphatic carbocycles. The molecule has 0 saturated carbocycles. The van der Waals surface area contributed by atoms with Gasteiger partial charge in [0.1, 0.15) is 5.82 Å². The normalized spacial score (nSPS) is 10.5. The first-order valence-corrected chi connectivity index (χ1v) is 8.22. The van der Waals surface area contributed by atoms with Gasteiger partial charge in [0, 0.05) is 34.3 Å². The Hall–Kier alpha value is -2.52. The summed E-state index contributed by atoms with van der Waals surface area (Å²) in [4.78, 5) is 4.37. The van der Waals surface area contributed by atoms with Crippen molar-refractivity contribution in [1.82, 2.24) is 4.98 Å². The lowest BCUT2D eigenvalue weighted by Crippen LogP contribution is -1.99. The number of aromatic nitrogens is 1. The van der Waals surface area contributed by atoms with Gasteiger partial charge in [0.15, 0.2) is 0 Å². The van der Waals surface area contributed by atoms with Gasteiger partial charge in [-0.15, -0.1) is 0 Å². The van der Waals surface area contributed by atoms with Gasteiger partial charge in [0.05, 0.1) is 0 Å². The number of anilines is 4. The summed E-state index contributed by atoms with van der Waals surface area (Å²) < 4.78 is 0. The van der Waals surface area contributed by atoms with Crippen LogP contribution in [0.15, 0.2) is 54.7 Å². The molecule has 2 aromatic carbocycles. The molecule has 3 nitrogen and oxygen atoms in total. The smallest absolute Gasteiger partial charge is 0.132 e. The molecule has 0 radical (unpaired) electrons. The Kier molecular flexibility index (Phi) is 4.72. The van der Waals surface area contributed by atoms with Crippen molar-refractivity contribution in [3.63, 3.8) is 0 Å². The molecule has 0 amide bonds. The van der Waals surface area contributed by atoms with E-state index < -0.39 is 0 Å². The Morgan fingerprint density at radius 1 is 0.792 bits per heavy atom. The fourth-order valence-corrected chi connectivity index (χ4v) is 2.91. The highest BCUT2D eigenvalue weighted by Gasteiger charge is 2.05. The van der Waals surface area contributed by atoms with Crippen LogP contribution in [0.3, 0.4) is 0 Å². The number of hydrogen-bond acceptors (Lipinski definition) is 3. The molecule has 3 rings (SSSR count). The highest BCUT2D eigenvalue weighted by Crippen LogP contribution is 2.27. The van der Waals surface area contributed by atoms with Crippen molar-refractivity contribution >= 4 is 34.5 Å². The first kappa shape index (κ1) is 16.3. The van der Waals surface area contributed by atoms with Gasteiger partial charge >= 0.3 is 0 Å². The summed E-state index contributed by atoms with van der Waals surface area (Å²) in [7, 11) is 0. The molecule has 122 valence electrons. The zero-order valence-corrected chi connectivity index (χ0v) is 14.8. The topological polar surface area (TPSA) is 37.0 Å². The Balaban J connectivity index is 1.82. The maximum atomic E-state index is 5.92. The van der Waals surface area contributed by atoms with Gasteiger partial charge in [0.25, 0.3) is 0 Å². The number of halogens is 1. The highest BCUT2D eigenvalue weighted by molar-refractivity contribution is 6.30. The molecule has 0 unspecified atom stereocenters. The lowest BCUT2D eigenvalue weighted by atomic mass is 10.0. The summed E-state index contributed by atoms with van der Waals surface area (Å²) in [6.45, 7) is 6.36. The van der Waals surface area contributed by atoms with E-state index in [1.807, 2.05) is 36.4 Å². The summed E-state index contributed by atoms with van der Waals surface area (Å²) in [5.74, 6) is 0.782. The summed E-state index contributed by atoms with van der Waals surface area (Å²) in [6, 6.07) is 15.9. The molecule has 0 aliphatic rings. The second-order valence-electron chi connectivity index (χ2n) is 5.96. The van der Waals surface area contributed by atoms with Gasteiger partial charge in [-0.3, -0.25) is 0 Å². The van der Waals surface area contributed by atoms with Gasteiger partial charge in [0.2, 0.25) is 0 Å². The fraction of sp³-hybridized carbons (Fsp3) is 0.150. The summed E-state index contributed by atoms with van der Waals surface area (Å²) in [5, 5.41) is 7.50. The van der Waals surface area contributed by atoms with E-state index in [2.05, 4.69) is 48.5 Å². The first-order chi connectivity index (χ1) is 11.5. The lowest BCUT2D eigenvalue weighted by molar-refractivity contribution is 1.28. The molecule has 1 heterocycles. The summed E-state index contributed by atoms with van der Waals surface area (Å²) >= 11 is 5.92. The predicted molar refractivity (Wildman–Crippen MR) is 103 cm³/mol. The highest BCUT2D eigenvalue weighted by atomic mass is 35.5. The minimum absolute atomic E-state index is 0.717. The molecule has 0 saturated heterocycles. The average Bonchev–Trinajstić information content (AvgIpc) is 2.53. The van der Waals surface area contributed by atoms with Gasteiger partial charge in [-0.2, -0.15) is 0 Å². The molecule has 1 aromatic heterocycles. The number of benzene rings is 2. The largest absolute Gasteiger partial charge is 0.355 e. The number of nitrogens with zero attached hydrogens (tertiary/aromatic N) is 1. The molecule has 0 atom stereocenters. The molecular weight excluding hydrogens is 318 g/mol. The molecule has 0 fully saturated rings. The third-order valence-electron chi connectivity index (χ3n) is 3.82. The van der Waals surface area contributed by atoms with Gasteiger partial charge in [-0.1, -0.05) is 29.3 Å². The third kappa shape index (κ3) is 3.87. The van der Waals surface area contributed by atoms with Gasteiger partial charge < -0.3 is 10.6 Å². The van der Waals surface area contributed by atoms with Crippen LogP contribution in [0.5, 0.6) is 0 Å². The standard InChI is InChI=1S/C20H20ClN3/c1-13-10-14(2)20(15(3)11-13)24-18-8-9-22-19(12-18)23-17-6-4-16(21)5-7-17/h4-12H,1-3H3,(H2,22,23,24). The van der Waals surface area contributed by atoms with Crippen molar-refractivity contribution in [2.75, 3.05) is 10.6 Å². The van der Waals surface area contributed by atoms with Crippen LogP contribution in [-0.2, 0) is 0 Å². The van der Waals surface area contributed by atoms with Gasteiger partial charge in [-0.05, 0) is 62.2 Å². The zero-order valence-electron chi connectivity index (χ0n) is 14.0. The predicted octanol–water partition coefficient (Wildman–Crippen LogP) is 6.15. The number of aryl methyl sites for hydroxylation is 3. The minimum Gasteiger partial charge on any atom is -0.355 e. The van der Waals surface area contributed by atoms with Crippen LogP contribution in [0.1, 0.15) is 16.7 Å². The minimum atomic E-state index is 0.717. The SMILES string of the molecule is Cc1cc(C)c(Nc2ccnc(Nc3ccc(Cl)cc3)c2)c(C)c1. The van der Waals surface area contributed by atoms with E-state index in [9.17, 15) is 0 Å². The molecule has 3 aromatic rings. The Bertz CT molecular complexity index is 834. The van der Waals surface area contributed by atoms with E-state index in [1.54, 1.807) is 6.20 Å². The quantitative estimate of drug-likeness (QED) is 0.599. The van der Waals surface area contributed by atoms with Crippen molar-refractivity contribution < 1.29 is 0 Å². The van der Waals surface area contributed by atoms with Crippen LogP contribution >= 0.6 is 11.6 Å². The Morgan fingerprint density at radius 2 is 1.46 bits per heavy atom. The van der Waals surface area contributed by atoms with Crippen LogP contribution < -0.4 is 10.6 Å². The second kappa shape index (κ2) is 6.93. The van der Waals surface area contributed by atoms with Crippen LogP contribution in [0.2, 0.25) is 5.02 Å². The van der Waals surface area contributed by atoms with Crippen molar-refractivity contribution in [3.05, 3.63) is 76.4 Å². The molecular formula is C20H20ClN3. The van der Waals surface area contributed by atoms with Crippen molar-refractivity contribution in [3.8, 4) is 0 Å². The third-order valence-corrected chi connectivity index (χ3v) is 4.07. The summed E-state index contributed by atoms with van der Waals surface area (Å²) in [6.07, 6.45) is 1.79. The number of pyridine rings is 1. The van der Waals surface area contributed by atoms with E-state index in [0.717, 1.165) is 22.9 Å². The van der Waals surface area contributed by atoms with E-state index in [0.29, 0.717) is 5.02 Å². The number of hydrogen-bond donors (Lipinski definition) is 2. The average molecular weight is 338 g/mol. The molecule has 0 bridgehead atoms. The van der Waals surface area contributed by atoms with Crippen LogP contribution in [0.4, 0.5) is 22.9 Å². The molecule has 24 heavy (non-hydrogen) atoms. The zero-order chi connectivity index (χ0) is 17.1. The van der Waals surface area contributed by atoms with E-state index in [-0.39, 0.29) is 0 Å². The maximum absolute atomic E-state index is 5.92. The maximum Gasteiger partial charge on any atom is 0.132 e. The number of rotatable bonds is 4. The van der Waals surface area contributed by atoms with Gasteiger partial charge in [-0.25, -0.2) is 4.98 Å². The lowest BCUT2D eigenvalue weighted by Gasteiger charge is -2.15. The fourth-order valence-electron chi connectivity index (χ4n) is 2.78. The summed E-state index contributed by atoms with van der Waals surface area (Å²) in [5.41, 5.74) is 6.83. The molecule has 0 spiro atoms. The first-order valence-electron chi connectivity index (χ1n) is 7.85. The van der Waals surface area contributed by atoms with Crippen LogP contribution in [0, 0.1) is 20.8 Å². The van der Waals surface area contributed by atoms with E-state index in [4.69, 9.17) is 11.6 Å². The van der Waals surface area contributed by atoms with Crippen molar-refractivity contribution in [1.29, 1.82) is 0 Å². The monoisotopic (exact) mass is 337 g/mol. The van der Waals surface area contributed by atoms with Crippen molar-refractivity contribution in [2.24, 2.45) is 0 Å². The molecule has 0 aliphatic heterocycles. The molecule has 4 heteroatoms. The van der Waals surface area contributed by atoms with E-state index >= 15 is 0 Å². The second-order valence-corrected chi connectivity index (χ2v) is 6.40. The van der Waals surface area contributed by atoms with Crippen LogP contribution in [0.25, 0.3) is 0 Å². The number of nitrogens with one attached hydrogen (secondary N) is 2. The Morgan fingerprint density at radius 3 is 2.12 bits per heavy atom.